The fraction of sp³-hybridized carbons (Fsp3) is 0.263. The number of carbonyl (C=O) groups is 1. The van der Waals surface area contributed by atoms with Gasteiger partial charge in [0.15, 0.2) is 5.11 Å². The van der Waals surface area contributed by atoms with E-state index in [2.05, 4.69) is 17.6 Å². The maximum Gasteiger partial charge on any atom is 0.226 e. The van der Waals surface area contributed by atoms with E-state index in [1.165, 1.54) is 5.56 Å². The van der Waals surface area contributed by atoms with Gasteiger partial charge in [0, 0.05) is 17.1 Å². The molecule has 2 aromatic carbocycles. The quantitative estimate of drug-likeness (QED) is 0.484. The first-order valence-electron chi connectivity index (χ1n) is 8.25. The Morgan fingerprint density at radius 3 is 2.54 bits per heavy atom. The predicted molar refractivity (Wildman–Crippen MR) is 111 cm³/mol. The largest absolute Gasteiger partial charge is 0.492 e. The molecule has 0 fully saturated rings. The SMILES string of the molecule is CCc1ccc(NC(=S)NC(=O)CCCOc2ccc(Cl)cc2Cl)cc1. The molecule has 138 valence electrons. The first-order chi connectivity index (χ1) is 12.5. The number of anilines is 1. The molecule has 0 aliphatic heterocycles. The highest BCUT2D eigenvalue weighted by Gasteiger charge is 2.06. The van der Waals surface area contributed by atoms with Crippen molar-refractivity contribution in [2.24, 2.45) is 0 Å². The van der Waals surface area contributed by atoms with Crippen LogP contribution in [-0.4, -0.2) is 17.6 Å². The second kappa shape index (κ2) is 10.4. The van der Waals surface area contributed by atoms with E-state index in [1.807, 2.05) is 24.3 Å². The summed E-state index contributed by atoms with van der Waals surface area (Å²) in [5.41, 5.74) is 2.08. The van der Waals surface area contributed by atoms with Crippen molar-refractivity contribution in [3.8, 4) is 5.75 Å². The van der Waals surface area contributed by atoms with Crippen LogP contribution < -0.4 is 15.4 Å². The second-order valence-electron chi connectivity index (χ2n) is 5.58. The third-order valence-corrected chi connectivity index (χ3v) is 4.31. The van der Waals surface area contributed by atoms with Crippen LogP contribution in [0.1, 0.15) is 25.3 Å². The summed E-state index contributed by atoms with van der Waals surface area (Å²) in [6, 6.07) is 12.9. The highest BCUT2D eigenvalue weighted by molar-refractivity contribution is 7.80. The minimum atomic E-state index is -0.168. The first kappa shape index (κ1) is 20.5. The molecule has 0 aliphatic carbocycles. The highest BCUT2D eigenvalue weighted by atomic mass is 35.5. The molecule has 0 heterocycles. The summed E-state index contributed by atoms with van der Waals surface area (Å²) in [6.45, 7) is 2.46. The predicted octanol–water partition coefficient (Wildman–Crippen LogP) is 5.23. The van der Waals surface area contributed by atoms with Gasteiger partial charge in [-0.2, -0.15) is 0 Å². The first-order valence-corrected chi connectivity index (χ1v) is 9.42. The minimum Gasteiger partial charge on any atom is -0.492 e. The molecule has 2 N–H and O–H groups in total. The number of benzene rings is 2. The summed E-state index contributed by atoms with van der Waals surface area (Å²) < 4.78 is 5.55. The molecule has 0 saturated heterocycles. The van der Waals surface area contributed by atoms with Gasteiger partial charge in [-0.25, -0.2) is 0 Å². The molecule has 4 nitrogen and oxygen atoms in total. The Morgan fingerprint density at radius 2 is 1.88 bits per heavy atom. The summed E-state index contributed by atoms with van der Waals surface area (Å²) in [4.78, 5) is 11.9. The second-order valence-corrected chi connectivity index (χ2v) is 6.83. The van der Waals surface area contributed by atoms with Crippen LogP contribution in [0.25, 0.3) is 0 Å². The number of thiocarbonyl (C=S) groups is 1. The zero-order valence-corrected chi connectivity index (χ0v) is 16.7. The number of carbonyl (C=O) groups excluding carboxylic acids is 1. The van der Waals surface area contributed by atoms with E-state index >= 15 is 0 Å². The third kappa shape index (κ3) is 6.83. The summed E-state index contributed by atoms with van der Waals surface area (Å²) in [7, 11) is 0. The van der Waals surface area contributed by atoms with Crippen molar-refractivity contribution in [1.29, 1.82) is 0 Å². The molecule has 7 heteroatoms. The molecule has 2 aromatic rings. The number of hydrogen-bond donors (Lipinski definition) is 2. The van der Waals surface area contributed by atoms with E-state index in [0.717, 1.165) is 12.1 Å². The van der Waals surface area contributed by atoms with Crippen LogP contribution in [0.2, 0.25) is 10.0 Å². The van der Waals surface area contributed by atoms with Crippen LogP contribution in [0.5, 0.6) is 5.75 Å². The number of ether oxygens (including phenoxy) is 1. The fourth-order valence-corrected chi connectivity index (χ4v) is 2.88. The molecule has 2 rings (SSSR count). The number of amides is 1. The lowest BCUT2D eigenvalue weighted by Gasteiger charge is -2.11. The van der Waals surface area contributed by atoms with Gasteiger partial charge in [0.2, 0.25) is 5.91 Å². The molecule has 0 atom stereocenters. The Hall–Kier alpha value is -1.82. The molecule has 0 unspecified atom stereocenters. The molecule has 1 amide bonds. The van der Waals surface area contributed by atoms with E-state index < -0.39 is 0 Å². The van der Waals surface area contributed by atoms with Gasteiger partial charge in [-0.3, -0.25) is 4.79 Å². The molecule has 0 radical (unpaired) electrons. The number of aryl methyl sites for hydroxylation is 1. The smallest absolute Gasteiger partial charge is 0.226 e. The highest BCUT2D eigenvalue weighted by Crippen LogP contribution is 2.27. The monoisotopic (exact) mass is 410 g/mol. The average Bonchev–Trinajstić information content (AvgIpc) is 2.60. The Bertz CT molecular complexity index is 767. The molecule has 0 aromatic heterocycles. The van der Waals surface area contributed by atoms with E-state index in [1.54, 1.807) is 18.2 Å². The molecular weight excluding hydrogens is 391 g/mol. The van der Waals surface area contributed by atoms with Gasteiger partial charge < -0.3 is 15.4 Å². The lowest BCUT2D eigenvalue weighted by atomic mass is 10.1. The molecular formula is C19H20Cl2N2O2S. The van der Waals surface area contributed by atoms with Crippen molar-refractivity contribution < 1.29 is 9.53 Å². The third-order valence-electron chi connectivity index (χ3n) is 3.57. The van der Waals surface area contributed by atoms with E-state index in [4.69, 9.17) is 40.2 Å². The minimum absolute atomic E-state index is 0.168. The van der Waals surface area contributed by atoms with Crippen LogP contribution in [0, 0.1) is 0 Å². The van der Waals surface area contributed by atoms with Crippen LogP contribution >= 0.6 is 35.4 Å². The maximum atomic E-state index is 11.9. The molecule has 0 bridgehead atoms. The average molecular weight is 411 g/mol. The van der Waals surface area contributed by atoms with Crippen molar-refractivity contribution in [1.82, 2.24) is 5.32 Å². The van der Waals surface area contributed by atoms with Gasteiger partial charge in [0.25, 0.3) is 0 Å². The van der Waals surface area contributed by atoms with Crippen LogP contribution in [0.4, 0.5) is 5.69 Å². The summed E-state index contributed by atoms with van der Waals surface area (Å²) in [5.74, 6) is 0.377. The Kier molecular flexibility index (Phi) is 8.16. The number of hydrogen-bond acceptors (Lipinski definition) is 3. The van der Waals surface area contributed by atoms with Gasteiger partial charge in [-0.1, -0.05) is 42.3 Å². The zero-order valence-electron chi connectivity index (χ0n) is 14.4. The number of halogens is 2. The van der Waals surface area contributed by atoms with Crippen LogP contribution in [0.15, 0.2) is 42.5 Å². The van der Waals surface area contributed by atoms with Gasteiger partial charge in [-0.15, -0.1) is 0 Å². The summed E-state index contributed by atoms with van der Waals surface area (Å²) in [6.07, 6.45) is 1.81. The standard InChI is InChI=1S/C19H20Cl2N2O2S/c1-2-13-5-8-15(9-6-13)22-19(26)23-18(24)4-3-11-25-17-10-7-14(20)12-16(17)21/h5-10,12H,2-4,11H2,1H3,(H2,22,23,24,26). The molecule has 0 aliphatic rings. The van der Waals surface area contributed by atoms with E-state index in [0.29, 0.717) is 35.2 Å². The van der Waals surface area contributed by atoms with Crippen LogP contribution in [-0.2, 0) is 11.2 Å². The van der Waals surface area contributed by atoms with Gasteiger partial charge in [0.1, 0.15) is 5.75 Å². The topological polar surface area (TPSA) is 50.4 Å². The Morgan fingerprint density at radius 1 is 1.15 bits per heavy atom. The van der Waals surface area contributed by atoms with Crippen molar-refractivity contribution in [2.75, 3.05) is 11.9 Å². The molecule has 26 heavy (non-hydrogen) atoms. The molecule has 0 saturated carbocycles. The normalized spacial score (nSPS) is 10.3. The number of rotatable bonds is 7. The Labute approximate surface area is 168 Å². The van der Waals surface area contributed by atoms with Crippen LogP contribution in [0.3, 0.4) is 0 Å². The lowest BCUT2D eigenvalue weighted by Crippen LogP contribution is -2.34. The van der Waals surface area contributed by atoms with E-state index in [-0.39, 0.29) is 11.0 Å². The fourth-order valence-electron chi connectivity index (χ4n) is 2.18. The van der Waals surface area contributed by atoms with Gasteiger partial charge in [-0.05, 0) is 61.0 Å². The Balaban J connectivity index is 1.68. The van der Waals surface area contributed by atoms with Gasteiger partial charge >= 0.3 is 0 Å². The summed E-state index contributed by atoms with van der Waals surface area (Å²) in [5, 5.41) is 6.92. The van der Waals surface area contributed by atoms with Crippen molar-refractivity contribution >= 4 is 52.1 Å². The van der Waals surface area contributed by atoms with Crippen molar-refractivity contribution in [2.45, 2.75) is 26.2 Å². The van der Waals surface area contributed by atoms with Crippen molar-refractivity contribution in [3.05, 3.63) is 58.1 Å². The zero-order chi connectivity index (χ0) is 18.9. The summed E-state index contributed by atoms with van der Waals surface area (Å²) >= 11 is 17.0. The lowest BCUT2D eigenvalue weighted by molar-refractivity contribution is -0.119. The number of nitrogens with one attached hydrogen (secondary N) is 2. The van der Waals surface area contributed by atoms with E-state index in [9.17, 15) is 4.79 Å². The van der Waals surface area contributed by atoms with Gasteiger partial charge in [0.05, 0.1) is 11.6 Å². The molecule has 0 spiro atoms. The maximum absolute atomic E-state index is 11.9. The van der Waals surface area contributed by atoms with Crippen molar-refractivity contribution in [3.63, 3.8) is 0 Å².